The summed E-state index contributed by atoms with van der Waals surface area (Å²) < 4.78 is 10.2. The van der Waals surface area contributed by atoms with E-state index in [1.807, 2.05) is 0 Å². The molecule has 0 spiro atoms. The topological polar surface area (TPSA) is 93.1 Å². The van der Waals surface area contributed by atoms with Crippen LogP contribution in [0.15, 0.2) is 23.8 Å². The van der Waals surface area contributed by atoms with Gasteiger partial charge in [-0.3, -0.25) is 0 Å². The molecule has 0 fully saturated rings. The third-order valence-electron chi connectivity index (χ3n) is 2.17. The summed E-state index contributed by atoms with van der Waals surface area (Å²) in [6.45, 7) is 0.104. The zero-order chi connectivity index (χ0) is 12.4. The minimum absolute atomic E-state index is 0.104. The summed E-state index contributed by atoms with van der Waals surface area (Å²) in [4.78, 5) is 21.3. The first kappa shape index (κ1) is 11.0. The average molecular weight is 236 g/mol. The number of benzene rings is 1. The van der Waals surface area contributed by atoms with E-state index in [4.69, 9.17) is 19.7 Å². The van der Waals surface area contributed by atoms with E-state index in [0.29, 0.717) is 17.1 Å². The highest BCUT2D eigenvalue weighted by Gasteiger charge is 2.17. The molecule has 6 nitrogen and oxygen atoms in total. The largest absolute Gasteiger partial charge is 0.477 e. The Bertz CT molecular complexity index is 501. The smallest absolute Gasteiger partial charge is 0.343 e. The molecule has 2 N–H and O–H groups in total. The van der Waals surface area contributed by atoms with Gasteiger partial charge in [0.15, 0.2) is 11.5 Å². The fraction of sp³-hybridized carbons (Fsp3) is 0.0909. The van der Waals surface area contributed by atoms with Gasteiger partial charge in [-0.05, 0) is 23.8 Å². The number of aliphatic carboxylic acids is 2. The van der Waals surface area contributed by atoms with Crippen molar-refractivity contribution in [1.29, 1.82) is 0 Å². The van der Waals surface area contributed by atoms with E-state index >= 15 is 0 Å². The molecule has 0 saturated heterocycles. The molecule has 1 aliphatic heterocycles. The zero-order valence-corrected chi connectivity index (χ0v) is 8.54. The van der Waals surface area contributed by atoms with Gasteiger partial charge in [0.25, 0.3) is 0 Å². The lowest BCUT2D eigenvalue weighted by molar-refractivity contribution is -0.140. The van der Waals surface area contributed by atoms with Crippen molar-refractivity contribution in [3.05, 3.63) is 29.3 Å². The zero-order valence-electron chi connectivity index (χ0n) is 8.54. The van der Waals surface area contributed by atoms with Crippen LogP contribution in [0.4, 0.5) is 0 Å². The van der Waals surface area contributed by atoms with Crippen LogP contribution in [0.2, 0.25) is 0 Å². The Balaban J connectivity index is 2.37. The van der Waals surface area contributed by atoms with Crippen molar-refractivity contribution < 1.29 is 29.3 Å². The number of carboxylic acid groups (broad SMARTS) is 2. The first-order valence-corrected chi connectivity index (χ1v) is 4.66. The van der Waals surface area contributed by atoms with Crippen LogP contribution in [0.1, 0.15) is 5.56 Å². The van der Waals surface area contributed by atoms with Gasteiger partial charge in [-0.25, -0.2) is 9.59 Å². The quantitative estimate of drug-likeness (QED) is 0.461. The number of ether oxygens (including phenoxy) is 2. The Morgan fingerprint density at radius 1 is 1.12 bits per heavy atom. The molecule has 1 aromatic rings. The van der Waals surface area contributed by atoms with Crippen LogP contribution in [0.25, 0.3) is 6.08 Å². The molecular formula is C11H8O6. The van der Waals surface area contributed by atoms with Crippen molar-refractivity contribution in [3.63, 3.8) is 0 Å². The van der Waals surface area contributed by atoms with Crippen molar-refractivity contribution in [1.82, 2.24) is 0 Å². The molecule has 0 aromatic heterocycles. The van der Waals surface area contributed by atoms with Gasteiger partial charge in [-0.1, -0.05) is 6.07 Å². The molecule has 1 heterocycles. The lowest BCUT2D eigenvalue weighted by Crippen LogP contribution is -2.10. The van der Waals surface area contributed by atoms with Crippen LogP contribution in [-0.4, -0.2) is 28.9 Å². The van der Waals surface area contributed by atoms with Gasteiger partial charge in [-0.15, -0.1) is 0 Å². The molecule has 1 aromatic carbocycles. The van der Waals surface area contributed by atoms with E-state index in [1.54, 1.807) is 12.1 Å². The Morgan fingerprint density at radius 2 is 1.76 bits per heavy atom. The van der Waals surface area contributed by atoms with Gasteiger partial charge in [0.1, 0.15) is 5.57 Å². The first-order chi connectivity index (χ1) is 8.08. The van der Waals surface area contributed by atoms with Crippen molar-refractivity contribution in [2.45, 2.75) is 0 Å². The number of hydrogen-bond donors (Lipinski definition) is 2. The van der Waals surface area contributed by atoms with Crippen LogP contribution >= 0.6 is 0 Å². The highest BCUT2D eigenvalue weighted by molar-refractivity contribution is 6.16. The summed E-state index contributed by atoms with van der Waals surface area (Å²) in [6.07, 6.45) is 1.06. The average Bonchev–Trinajstić information content (AvgIpc) is 2.71. The molecule has 1 aliphatic rings. The predicted octanol–water partition coefficient (Wildman–Crippen LogP) is 0.968. The molecule has 0 unspecified atom stereocenters. The van der Waals surface area contributed by atoms with Gasteiger partial charge >= 0.3 is 11.9 Å². The third-order valence-corrected chi connectivity index (χ3v) is 2.17. The lowest BCUT2D eigenvalue weighted by atomic mass is 10.1. The summed E-state index contributed by atoms with van der Waals surface area (Å²) in [7, 11) is 0. The molecular weight excluding hydrogens is 228 g/mol. The second-order valence-electron chi connectivity index (χ2n) is 3.28. The van der Waals surface area contributed by atoms with Crippen LogP contribution < -0.4 is 9.47 Å². The van der Waals surface area contributed by atoms with Crippen molar-refractivity contribution >= 4 is 18.0 Å². The molecule has 0 atom stereocenters. The van der Waals surface area contributed by atoms with Gasteiger partial charge in [-0.2, -0.15) is 0 Å². The van der Waals surface area contributed by atoms with E-state index in [1.165, 1.54) is 6.07 Å². The maximum atomic E-state index is 10.7. The SMILES string of the molecule is O=C(O)C(=Cc1ccc2c(c1)OCO2)C(=O)O. The number of carbonyl (C=O) groups is 2. The molecule has 0 radical (unpaired) electrons. The van der Waals surface area contributed by atoms with E-state index in [9.17, 15) is 9.59 Å². The Labute approximate surface area is 95.7 Å². The van der Waals surface area contributed by atoms with E-state index in [0.717, 1.165) is 6.08 Å². The summed E-state index contributed by atoms with van der Waals surface area (Å²) >= 11 is 0. The van der Waals surface area contributed by atoms with Crippen molar-refractivity contribution in [2.75, 3.05) is 6.79 Å². The Kier molecular flexibility index (Phi) is 2.70. The van der Waals surface area contributed by atoms with E-state index < -0.39 is 17.5 Å². The molecule has 17 heavy (non-hydrogen) atoms. The number of rotatable bonds is 3. The molecule has 0 saturated carbocycles. The molecule has 0 amide bonds. The third kappa shape index (κ3) is 2.20. The molecule has 88 valence electrons. The van der Waals surface area contributed by atoms with Crippen LogP contribution in [0.5, 0.6) is 11.5 Å². The number of fused-ring (bicyclic) bond motifs is 1. The predicted molar refractivity (Wildman–Crippen MR) is 55.8 cm³/mol. The molecule has 2 rings (SSSR count). The highest BCUT2D eigenvalue weighted by Crippen LogP contribution is 2.33. The second-order valence-corrected chi connectivity index (χ2v) is 3.28. The van der Waals surface area contributed by atoms with Gasteiger partial charge in [0.05, 0.1) is 0 Å². The number of carboxylic acids is 2. The second kappa shape index (κ2) is 4.17. The highest BCUT2D eigenvalue weighted by atomic mass is 16.7. The molecule has 0 bridgehead atoms. The fourth-order valence-corrected chi connectivity index (χ4v) is 1.38. The molecule has 6 heteroatoms. The van der Waals surface area contributed by atoms with Crippen LogP contribution in [0, 0.1) is 0 Å². The van der Waals surface area contributed by atoms with Gasteiger partial charge < -0.3 is 19.7 Å². The lowest BCUT2D eigenvalue weighted by Gasteiger charge is -1.99. The van der Waals surface area contributed by atoms with Crippen molar-refractivity contribution in [2.24, 2.45) is 0 Å². The fourth-order valence-electron chi connectivity index (χ4n) is 1.38. The van der Waals surface area contributed by atoms with Gasteiger partial charge in [0.2, 0.25) is 6.79 Å². The Hall–Kier alpha value is -2.50. The van der Waals surface area contributed by atoms with E-state index in [2.05, 4.69) is 0 Å². The monoisotopic (exact) mass is 236 g/mol. The van der Waals surface area contributed by atoms with E-state index in [-0.39, 0.29) is 6.79 Å². The van der Waals surface area contributed by atoms with Crippen LogP contribution in [0.3, 0.4) is 0 Å². The summed E-state index contributed by atoms with van der Waals surface area (Å²) in [5, 5.41) is 17.4. The van der Waals surface area contributed by atoms with Crippen LogP contribution in [-0.2, 0) is 9.59 Å². The maximum absolute atomic E-state index is 10.7. The standard InChI is InChI=1S/C11H8O6/c12-10(13)7(11(14)15)3-6-1-2-8-9(4-6)17-5-16-8/h1-4H,5H2,(H,12,13)(H,14,15). The van der Waals surface area contributed by atoms with Gasteiger partial charge in [0, 0.05) is 0 Å². The Morgan fingerprint density at radius 3 is 2.41 bits per heavy atom. The molecule has 0 aliphatic carbocycles. The summed E-state index contributed by atoms with van der Waals surface area (Å²) in [5.74, 6) is -1.96. The minimum Gasteiger partial charge on any atom is -0.477 e. The summed E-state index contributed by atoms with van der Waals surface area (Å²) in [5.41, 5.74) is -0.280. The summed E-state index contributed by atoms with van der Waals surface area (Å²) in [6, 6.07) is 4.67. The number of hydrogen-bond acceptors (Lipinski definition) is 4. The normalized spacial score (nSPS) is 12.0. The maximum Gasteiger partial charge on any atom is 0.343 e. The minimum atomic E-state index is -1.49. The van der Waals surface area contributed by atoms with Crippen molar-refractivity contribution in [3.8, 4) is 11.5 Å². The first-order valence-electron chi connectivity index (χ1n) is 4.66.